The van der Waals surface area contributed by atoms with Gasteiger partial charge in [-0.25, -0.2) is 21.5 Å². The third kappa shape index (κ3) is 2.73. The number of amides is 1. The van der Waals surface area contributed by atoms with Gasteiger partial charge in [0.05, 0.1) is 0 Å². The molecule has 0 aliphatic heterocycles. The van der Waals surface area contributed by atoms with E-state index in [0.717, 1.165) is 0 Å². The monoisotopic (exact) mass is 217 g/mol. The lowest BCUT2D eigenvalue weighted by atomic mass is 10.4. The fraction of sp³-hybridized carbons (Fsp3) is 0. The number of hydrazine groups is 2. The maximum absolute atomic E-state index is 10.7. The van der Waals surface area contributed by atoms with Crippen LogP contribution in [0.3, 0.4) is 0 Å². The average Bonchev–Trinajstić information content (AvgIpc) is 2.16. The van der Waals surface area contributed by atoms with Gasteiger partial charge in [0, 0.05) is 12.1 Å². The number of hydrogen-bond donors (Lipinski definition) is 4. The third-order valence-corrected chi connectivity index (χ3v) is 1.44. The predicted octanol–water partition coefficient (Wildman–Crippen LogP) is -0.0173. The number of hydrogen-bond acceptors (Lipinski definition) is 6. The minimum atomic E-state index is -0.810. The largest absolute Gasteiger partial charge is 0.426 e. The van der Waals surface area contributed by atoms with Crippen molar-refractivity contribution >= 4 is 23.5 Å². The lowest BCUT2D eigenvalue weighted by Gasteiger charge is -2.05. The summed E-state index contributed by atoms with van der Waals surface area (Å²) in [7, 11) is 0. The zero-order valence-corrected chi connectivity index (χ0v) is 7.71. The summed E-state index contributed by atoms with van der Waals surface area (Å²) in [5, 5.41) is 0.139. The smallest absolute Gasteiger partial charge is 0.409 e. The third-order valence-electron chi connectivity index (χ3n) is 1.24. The summed E-state index contributed by atoms with van der Waals surface area (Å²) < 4.78 is 4.69. The molecule has 6 N–H and O–H groups in total. The molecule has 0 spiro atoms. The summed E-state index contributed by atoms with van der Waals surface area (Å²) >= 11 is 5.61. The number of pyridine rings is 1. The number of aromatic nitrogens is 1. The zero-order chi connectivity index (χ0) is 10.6. The van der Waals surface area contributed by atoms with E-state index in [1.807, 2.05) is 0 Å². The Balaban J connectivity index is 2.86. The Labute approximate surface area is 84.3 Å². The molecule has 0 aromatic carbocycles. The summed E-state index contributed by atoms with van der Waals surface area (Å²) in [4.78, 5) is 14.5. The molecule has 7 nitrogen and oxygen atoms in total. The molecule has 0 fully saturated rings. The first-order valence-corrected chi connectivity index (χ1v) is 3.86. The summed E-state index contributed by atoms with van der Waals surface area (Å²) in [5.41, 5.74) is 4.06. The van der Waals surface area contributed by atoms with Gasteiger partial charge in [-0.15, -0.1) is 0 Å². The summed E-state index contributed by atoms with van der Waals surface area (Å²) in [5.74, 6) is 10.4. The van der Waals surface area contributed by atoms with Crippen molar-refractivity contribution < 1.29 is 9.53 Å². The van der Waals surface area contributed by atoms with Gasteiger partial charge in [0.25, 0.3) is 0 Å². The number of ether oxygens (including phenoxy) is 1. The van der Waals surface area contributed by atoms with Crippen LogP contribution in [0.2, 0.25) is 5.15 Å². The van der Waals surface area contributed by atoms with Crippen molar-refractivity contribution in [3.05, 3.63) is 17.3 Å². The highest BCUT2D eigenvalue weighted by Crippen LogP contribution is 2.19. The lowest BCUT2D eigenvalue weighted by molar-refractivity contribution is 0.200. The van der Waals surface area contributed by atoms with Crippen molar-refractivity contribution in [1.82, 2.24) is 10.4 Å². The minimum absolute atomic E-state index is 0.139. The van der Waals surface area contributed by atoms with Gasteiger partial charge in [0.1, 0.15) is 16.7 Å². The normalized spacial score (nSPS) is 9.36. The molecule has 1 rings (SSSR count). The Morgan fingerprint density at radius 2 is 2.21 bits per heavy atom. The average molecular weight is 218 g/mol. The van der Waals surface area contributed by atoms with Crippen molar-refractivity contribution in [2.45, 2.75) is 0 Å². The number of nitrogen functional groups attached to an aromatic ring is 1. The van der Waals surface area contributed by atoms with E-state index in [2.05, 4.69) is 10.4 Å². The molecule has 0 atom stereocenters. The Hall–Kier alpha value is -1.57. The van der Waals surface area contributed by atoms with Crippen LogP contribution in [0.5, 0.6) is 5.75 Å². The molecule has 0 bridgehead atoms. The number of nitrogens with two attached hydrogens (primary N) is 2. The zero-order valence-electron chi connectivity index (χ0n) is 6.95. The van der Waals surface area contributed by atoms with Gasteiger partial charge >= 0.3 is 6.09 Å². The molecule has 1 aromatic heterocycles. The fourth-order valence-corrected chi connectivity index (χ4v) is 0.941. The van der Waals surface area contributed by atoms with Crippen molar-refractivity contribution in [2.24, 2.45) is 11.7 Å². The first kappa shape index (κ1) is 10.5. The summed E-state index contributed by atoms with van der Waals surface area (Å²) in [6.07, 6.45) is -0.810. The summed E-state index contributed by atoms with van der Waals surface area (Å²) in [6, 6.07) is 2.73. The number of carbonyl (C=O) groups is 1. The van der Waals surface area contributed by atoms with E-state index < -0.39 is 6.09 Å². The van der Waals surface area contributed by atoms with E-state index in [0.29, 0.717) is 0 Å². The molecule has 0 unspecified atom stereocenters. The topological polar surface area (TPSA) is 115 Å². The van der Waals surface area contributed by atoms with Gasteiger partial charge in [-0.3, -0.25) is 5.43 Å². The number of nitrogens with one attached hydrogen (secondary N) is 2. The standard InChI is InChI=1S/C6H8ClN5O2/c7-4-1-3(14-6(13)12-9)2-5(10-4)11-8/h1-2H,8-9H2,(H,10,11)(H,12,13). The van der Waals surface area contributed by atoms with Crippen LogP contribution in [0, 0.1) is 0 Å². The molecular formula is C6H8ClN5O2. The molecule has 0 saturated heterocycles. The van der Waals surface area contributed by atoms with E-state index >= 15 is 0 Å². The number of carbonyl (C=O) groups excluding carboxylic acids is 1. The number of anilines is 1. The summed E-state index contributed by atoms with van der Waals surface area (Å²) in [6.45, 7) is 0. The van der Waals surface area contributed by atoms with Gasteiger partial charge < -0.3 is 10.2 Å². The van der Waals surface area contributed by atoms with Crippen LogP contribution in [0.1, 0.15) is 0 Å². The lowest BCUT2D eigenvalue weighted by Crippen LogP contribution is -2.32. The first-order valence-electron chi connectivity index (χ1n) is 3.48. The van der Waals surface area contributed by atoms with Crippen molar-refractivity contribution in [2.75, 3.05) is 5.43 Å². The van der Waals surface area contributed by atoms with Crippen LogP contribution in [-0.2, 0) is 0 Å². The molecule has 0 aliphatic rings. The molecule has 1 aromatic rings. The second-order valence-corrected chi connectivity index (χ2v) is 2.58. The molecule has 0 aliphatic carbocycles. The molecule has 1 amide bonds. The van der Waals surface area contributed by atoms with Gasteiger partial charge in [0.2, 0.25) is 0 Å². The highest BCUT2D eigenvalue weighted by Gasteiger charge is 2.05. The SMILES string of the molecule is NNC(=O)Oc1cc(Cl)nc(NN)c1. The predicted molar refractivity (Wildman–Crippen MR) is 50.4 cm³/mol. The van der Waals surface area contributed by atoms with Crippen LogP contribution >= 0.6 is 11.6 Å². The number of rotatable bonds is 2. The van der Waals surface area contributed by atoms with Crippen LogP contribution in [0.4, 0.5) is 10.6 Å². The molecule has 14 heavy (non-hydrogen) atoms. The van der Waals surface area contributed by atoms with Gasteiger partial charge in [-0.2, -0.15) is 0 Å². The fourth-order valence-electron chi connectivity index (χ4n) is 0.743. The first-order chi connectivity index (χ1) is 6.65. The highest BCUT2D eigenvalue weighted by atomic mass is 35.5. The van der Waals surface area contributed by atoms with Crippen LogP contribution < -0.4 is 27.3 Å². The van der Waals surface area contributed by atoms with Gasteiger partial charge in [0.15, 0.2) is 0 Å². The Bertz CT molecular complexity index is 345. The van der Waals surface area contributed by atoms with Gasteiger partial charge in [-0.05, 0) is 0 Å². The molecule has 0 saturated carbocycles. The second-order valence-electron chi connectivity index (χ2n) is 2.19. The van der Waals surface area contributed by atoms with Crippen molar-refractivity contribution in [1.29, 1.82) is 0 Å². The molecular weight excluding hydrogens is 210 g/mol. The van der Waals surface area contributed by atoms with E-state index in [9.17, 15) is 4.79 Å². The van der Waals surface area contributed by atoms with E-state index in [4.69, 9.17) is 28.0 Å². The van der Waals surface area contributed by atoms with Crippen LogP contribution in [0.25, 0.3) is 0 Å². The van der Waals surface area contributed by atoms with E-state index in [1.165, 1.54) is 12.1 Å². The highest BCUT2D eigenvalue weighted by molar-refractivity contribution is 6.29. The van der Waals surface area contributed by atoms with Crippen molar-refractivity contribution in [3.8, 4) is 5.75 Å². The van der Waals surface area contributed by atoms with E-state index in [1.54, 1.807) is 5.43 Å². The van der Waals surface area contributed by atoms with Gasteiger partial charge in [-0.1, -0.05) is 11.6 Å². The Kier molecular flexibility index (Phi) is 3.46. The Morgan fingerprint density at radius 3 is 2.79 bits per heavy atom. The van der Waals surface area contributed by atoms with E-state index in [-0.39, 0.29) is 16.7 Å². The Morgan fingerprint density at radius 1 is 1.50 bits per heavy atom. The second kappa shape index (κ2) is 4.61. The van der Waals surface area contributed by atoms with Crippen LogP contribution in [0.15, 0.2) is 12.1 Å². The number of nitrogens with zero attached hydrogens (tertiary/aromatic N) is 1. The van der Waals surface area contributed by atoms with Crippen LogP contribution in [-0.4, -0.2) is 11.1 Å². The molecule has 0 radical (unpaired) electrons. The number of halogens is 1. The quantitative estimate of drug-likeness (QED) is 0.240. The molecule has 76 valence electrons. The molecule has 8 heteroatoms. The maximum atomic E-state index is 10.7. The van der Waals surface area contributed by atoms with Crippen molar-refractivity contribution in [3.63, 3.8) is 0 Å². The minimum Gasteiger partial charge on any atom is -0.409 e. The maximum Gasteiger partial charge on any atom is 0.426 e. The molecule has 1 heterocycles.